The van der Waals surface area contributed by atoms with Gasteiger partial charge in [-0.25, -0.2) is 0 Å². The molecule has 6 nitrogen and oxygen atoms in total. The van der Waals surface area contributed by atoms with Crippen LogP contribution in [-0.4, -0.2) is 35.9 Å². The molecule has 8 heteroatoms. The molecule has 1 aromatic carbocycles. The minimum Gasteiger partial charge on any atom is -0.496 e. The van der Waals surface area contributed by atoms with E-state index >= 15 is 0 Å². The molecule has 0 radical (unpaired) electrons. The molecule has 1 aliphatic carbocycles. The third-order valence-corrected chi connectivity index (χ3v) is 7.00. The number of carbonyl (C=O) groups is 1. The summed E-state index contributed by atoms with van der Waals surface area (Å²) in [5.41, 5.74) is 0.217. The van der Waals surface area contributed by atoms with E-state index in [4.69, 9.17) is 21.1 Å². The average Bonchev–Trinajstić information content (AvgIpc) is 2.93. The molecule has 1 aliphatic rings. The Morgan fingerprint density at radius 3 is 2.66 bits per heavy atom. The van der Waals surface area contributed by atoms with E-state index in [0.717, 1.165) is 30.0 Å². The quantitative estimate of drug-likeness (QED) is 0.742. The standard InChI is InChI=1S/C21H27ClN2O4S/c1-12-18(21(2,3)26)29-20(24(12)11-13-8-15(9-13)27-4)23-19(25)16-10-14(22)6-7-17(16)28-5/h6-7,10,13,15,26H,8-9,11H2,1-5H3/b23-20-. The van der Waals surface area contributed by atoms with Gasteiger partial charge in [0.05, 0.1) is 29.3 Å². The number of ether oxygens (including phenoxy) is 2. The fourth-order valence-electron chi connectivity index (χ4n) is 3.62. The Labute approximate surface area is 179 Å². The van der Waals surface area contributed by atoms with Gasteiger partial charge in [-0.1, -0.05) is 22.9 Å². The number of rotatable bonds is 6. The zero-order chi connectivity index (χ0) is 21.3. The predicted molar refractivity (Wildman–Crippen MR) is 114 cm³/mol. The number of aromatic nitrogens is 1. The van der Waals surface area contributed by atoms with Crippen molar-refractivity contribution in [2.24, 2.45) is 10.9 Å². The molecule has 158 valence electrons. The largest absolute Gasteiger partial charge is 0.496 e. The number of thiazole rings is 1. The molecule has 0 aliphatic heterocycles. The first-order valence-corrected chi connectivity index (χ1v) is 10.7. The summed E-state index contributed by atoms with van der Waals surface area (Å²) in [5, 5.41) is 11.0. The van der Waals surface area contributed by atoms with Crippen molar-refractivity contribution >= 4 is 28.8 Å². The van der Waals surface area contributed by atoms with Crippen LogP contribution >= 0.6 is 22.9 Å². The number of hydrogen-bond donors (Lipinski definition) is 1. The lowest BCUT2D eigenvalue weighted by atomic mass is 9.82. The molecule has 2 aromatic rings. The number of hydrogen-bond acceptors (Lipinski definition) is 5. The summed E-state index contributed by atoms with van der Waals surface area (Å²) >= 11 is 7.40. The van der Waals surface area contributed by atoms with Crippen LogP contribution in [0.1, 0.15) is 47.6 Å². The number of carbonyl (C=O) groups excluding carboxylic acids is 1. The lowest BCUT2D eigenvalue weighted by Gasteiger charge is -2.34. The van der Waals surface area contributed by atoms with Gasteiger partial charge in [0.2, 0.25) is 0 Å². The molecular weight excluding hydrogens is 412 g/mol. The third-order valence-electron chi connectivity index (χ3n) is 5.27. The molecule has 1 saturated carbocycles. The van der Waals surface area contributed by atoms with Gasteiger partial charge in [0.15, 0.2) is 4.80 Å². The van der Waals surface area contributed by atoms with Gasteiger partial charge in [-0.05, 0) is 57.7 Å². The van der Waals surface area contributed by atoms with Crippen LogP contribution in [-0.2, 0) is 16.9 Å². The summed E-state index contributed by atoms with van der Waals surface area (Å²) in [5.74, 6) is 0.454. The molecule has 0 unspecified atom stereocenters. The first-order valence-electron chi connectivity index (χ1n) is 9.52. The predicted octanol–water partition coefficient (Wildman–Crippen LogP) is 3.91. The number of halogens is 1. The van der Waals surface area contributed by atoms with E-state index in [0.29, 0.717) is 33.2 Å². The maximum atomic E-state index is 12.9. The summed E-state index contributed by atoms with van der Waals surface area (Å²) in [6.45, 7) is 6.18. The number of benzene rings is 1. The summed E-state index contributed by atoms with van der Waals surface area (Å²) in [4.78, 5) is 18.7. The van der Waals surface area contributed by atoms with Gasteiger partial charge in [0.25, 0.3) is 5.91 Å². The number of nitrogens with zero attached hydrogens (tertiary/aromatic N) is 2. The first-order chi connectivity index (χ1) is 13.6. The minimum atomic E-state index is -1.02. The molecule has 0 atom stereocenters. The molecule has 3 rings (SSSR count). The molecule has 1 aromatic heterocycles. The minimum absolute atomic E-state index is 0.297. The molecule has 1 amide bonds. The Kier molecular flexibility index (Phi) is 6.53. The Balaban J connectivity index is 2.03. The van der Waals surface area contributed by atoms with Crippen molar-refractivity contribution < 1.29 is 19.4 Å². The summed E-state index contributed by atoms with van der Waals surface area (Å²) < 4.78 is 12.7. The first kappa shape index (κ1) is 22.0. The SMILES string of the molecule is COc1ccc(Cl)cc1C(=O)/N=c1\sc(C(C)(C)O)c(C)n1CC1CC(OC)C1. The van der Waals surface area contributed by atoms with Crippen LogP contribution in [0, 0.1) is 12.8 Å². The second-order valence-electron chi connectivity index (χ2n) is 7.93. The Bertz CT molecular complexity index is 968. The van der Waals surface area contributed by atoms with E-state index < -0.39 is 11.5 Å². The van der Waals surface area contributed by atoms with Gasteiger partial charge < -0.3 is 19.1 Å². The molecule has 0 spiro atoms. The average molecular weight is 439 g/mol. The highest BCUT2D eigenvalue weighted by molar-refractivity contribution is 7.09. The van der Waals surface area contributed by atoms with Gasteiger partial charge in [-0.2, -0.15) is 4.99 Å². The molecule has 0 saturated heterocycles. The number of amides is 1. The second-order valence-corrected chi connectivity index (χ2v) is 9.34. The summed E-state index contributed by atoms with van der Waals surface area (Å²) in [6, 6.07) is 4.88. The van der Waals surface area contributed by atoms with Gasteiger partial charge >= 0.3 is 0 Å². The van der Waals surface area contributed by atoms with E-state index in [9.17, 15) is 9.90 Å². The van der Waals surface area contributed by atoms with Gasteiger partial charge in [0, 0.05) is 24.4 Å². The topological polar surface area (TPSA) is 73.0 Å². The Morgan fingerprint density at radius 2 is 2.07 bits per heavy atom. The second kappa shape index (κ2) is 8.60. The van der Waals surface area contributed by atoms with Crippen LogP contribution in [0.15, 0.2) is 23.2 Å². The monoisotopic (exact) mass is 438 g/mol. The van der Waals surface area contributed by atoms with Gasteiger partial charge in [-0.15, -0.1) is 0 Å². The van der Waals surface area contributed by atoms with E-state index in [1.807, 2.05) is 11.5 Å². The van der Waals surface area contributed by atoms with Gasteiger partial charge in [0.1, 0.15) is 5.75 Å². The number of aliphatic hydroxyl groups is 1. The van der Waals surface area contributed by atoms with Crippen molar-refractivity contribution in [3.05, 3.63) is 44.2 Å². The van der Waals surface area contributed by atoms with Crippen molar-refractivity contribution in [3.63, 3.8) is 0 Å². The van der Waals surface area contributed by atoms with E-state index in [1.165, 1.54) is 18.4 Å². The van der Waals surface area contributed by atoms with E-state index in [1.54, 1.807) is 39.2 Å². The molecular formula is C21H27ClN2O4S. The zero-order valence-electron chi connectivity index (χ0n) is 17.4. The lowest BCUT2D eigenvalue weighted by Crippen LogP contribution is -2.35. The summed E-state index contributed by atoms with van der Waals surface area (Å²) in [7, 11) is 3.23. The van der Waals surface area contributed by atoms with E-state index in [2.05, 4.69) is 4.99 Å². The highest BCUT2D eigenvalue weighted by atomic mass is 35.5. The third kappa shape index (κ3) is 4.74. The van der Waals surface area contributed by atoms with Crippen molar-refractivity contribution in [1.29, 1.82) is 0 Å². The fourth-order valence-corrected chi connectivity index (χ4v) is 4.93. The van der Waals surface area contributed by atoms with Crippen LogP contribution in [0.25, 0.3) is 0 Å². The lowest BCUT2D eigenvalue weighted by molar-refractivity contribution is -0.00491. The highest BCUT2D eigenvalue weighted by Gasteiger charge is 2.31. The Hall–Kier alpha value is -1.67. The fraction of sp³-hybridized carbons (Fsp3) is 0.524. The molecule has 29 heavy (non-hydrogen) atoms. The molecule has 0 bridgehead atoms. The molecule has 1 fully saturated rings. The highest BCUT2D eigenvalue weighted by Crippen LogP contribution is 2.33. The number of methoxy groups -OCH3 is 2. The summed E-state index contributed by atoms with van der Waals surface area (Å²) in [6.07, 6.45) is 2.25. The zero-order valence-corrected chi connectivity index (χ0v) is 18.9. The smallest absolute Gasteiger partial charge is 0.283 e. The van der Waals surface area contributed by atoms with E-state index in [-0.39, 0.29) is 0 Å². The molecule has 1 N–H and O–H groups in total. The van der Waals surface area contributed by atoms with Crippen molar-refractivity contribution in [2.45, 2.75) is 51.9 Å². The van der Waals surface area contributed by atoms with Crippen molar-refractivity contribution in [1.82, 2.24) is 4.57 Å². The Morgan fingerprint density at radius 1 is 1.38 bits per heavy atom. The van der Waals surface area contributed by atoms with Crippen LogP contribution in [0.2, 0.25) is 5.02 Å². The van der Waals surface area contributed by atoms with Gasteiger partial charge in [-0.3, -0.25) is 4.79 Å². The maximum absolute atomic E-state index is 12.9. The molecule has 1 heterocycles. The van der Waals surface area contributed by atoms with Crippen LogP contribution in [0.5, 0.6) is 5.75 Å². The van der Waals surface area contributed by atoms with Crippen LogP contribution in [0.4, 0.5) is 0 Å². The maximum Gasteiger partial charge on any atom is 0.283 e. The van der Waals surface area contributed by atoms with Crippen molar-refractivity contribution in [2.75, 3.05) is 14.2 Å². The van der Waals surface area contributed by atoms with Crippen LogP contribution < -0.4 is 9.54 Å². The van der Waals surface area contributed by atoms with Crippen LogP contribution in [0.3, 0.4) is 0 Å². The van der Waals surface area contributed by atoms with Crippen molar-refractivity contribution in [3.8, 4) is 5.75 Å². The normalized spacial score (nSPS) is 19.9.